The smallest absolute Gasteiger partial charge is 0.226 e. The van der Waals surface area contributed by atoms with Crippen LogP contribution in [-0.2, 0) is 4.79 Å². The number of anilines is 1. The van der Waals surface area contributed by atoms with Gasteiger partial charge in [-0.1, -0.05) is 12.1 Å². The number of hydrogen-bond acceptors (Lipinski definition) is 7. The van der Waals surface area contributed by atoms with Gasteiger partial charge in [-0.3, -0.25) is 4.79 Å². The van der Waals surface area contributed by atoms with E-state index >= 15 is 0 Å². The third-order valence-electron chi connectivity index (χ3n) is 3.92. The van der Waals surface area contributed by atoms with Crippen LogP contribution in [0.1, 0.15) is 6.42 Å². The van der Waals surface area contributed by atoms with E-state index in [4.69, 9.17) is 4.74 Å². The maximum atomic E-state index is 12.2. The normalized spacial score (nSPS) is 10.9. The number of hydrogen-bond donors (Lipinski definition) is 1. The van der Waals surface area contributed by atoms with Crippen molar-refractivity contribution in [3.05, 3.63) is 53.9 Å². The maximum Gasteiger partial charge on any atom is 0.226 e. The van der Waals surface area contributed by atoms with Crippen molar-refractivity contribution in [3.63, 3.8) is 0 Å². The Kier molecular flexibility index (Phi) is 5.90. The summed E-state index contributed by atoms with van der Waals surface area (Å²) in [4.78, 5) is 22.4. The zero-order valence-corrected chi connectivity index (χ0v) is 17.5. The molecule has 0 saturated heterocycles. The van der Waals surface area contributed by atoms with Crippen LogP contribution in [0.15, 0.2) is 58.8 Å². The highest BCUT2D eigenvalue weighted by Gasteiger charge is 2.12. The van der Waals surface area contributed by atoms with E-state index in [1.54, 1.807) is 30.2 Å². The fourth-order valence-electron chi connectivity index (χ4n) is 2.53. The Balaban J connectivity index is 1.31. The van der Waals surface area contributed by atoms with E-state index in [1.165, 1.54) is 11.3 Å². The molecule has 0 unspecified atom stereocenters. The molecule has 0 spiro atoms. The molecule has 0 aliphatic heterocycles. The van der Waals surface area contributed by atoms with Crippen molar-refractivity contribution in [1.29, 1.82) is 0 Å². The highest BCUT2D eigenvalue weighted by atomic mass is 32.2. The van der Waals surface area contributed by atoms with Crippen LogP contribution in [0.4, 0.5) is 5.13 Å². The van der Waals surface area contributed by atoms with Gasteiger partial charge in [-0.15, -0.1) is 34.4 Å². The number of nitrogens with one attached hydrogen (secondary N) is 1. The fourth-order valence-corrected chi connectivity index (χ4v) is 5.09. The van der Waals surface area contributed by atoms with Gasteiger partial charge < -0.3 is 10.1 Å². The zero-order chi connectivity index (χ0) is 19.3. The van der Waals surface area contributed by atoms with Gasteiger partial charge in [-0.2, -0.15) is 0 Å². The SMILES string of the molecule is COc1ccc(SCCC(=O)Nc2nc(-c3nc4ccccc4s3)cs2)cc1. The molecule has 8 heteroatoms. The summed E-state index contributed by atoms with van der Waals surface area (Å²) in [7, 11) is 1.65. The summed E-state index contributed by atoms with van der Waals surface area (Å²) in [5.41, 5.74) is 1.77. The molecule has 0 bridgehead atoms. The Labute approximate surface area is 174 Å². The van der Waals surface area contributed by atoms with E-state index < -0.39 is 0 Å². The average Bonchev–Trinajstić information content (AvgIpc) is 3.35. The Morgan fingerprint density at radius 1 is 1.14 bits per heavy atom. The van der Waals surface area contributed by atoms with Gasteiger partial charge in [0.1, 0.15) is 16.5 Å². The molecule has 4 aromatic rings. The Morgan fingerprint density at radius 3 is 2.75 bits per heavy atom. The monoisotopic (exact) mass is 427 g/mol. The van der Waals surface area contributed by atoms with E-state index in [2.05, 4.69) is 15.3 Å². The van der Waals surface area contributed by atoms with E-state index in [1.807, 2.05) is 53.9 Å². The molecule has 0 radical (unpaired) electrons. The van der Waals surface area contributed by atoms with Gasteiger partial charge in [0.25, 0.3) is 0 Å². The number of aromatic nitrogens is 2. The molecule has 2 heterocycles. The fraction of sp³-hybridized carbons (Fsp3) is 0.150. The van der Waals surface area contributed by atoms with Gasteiger partial charge in [-0.05, 0) is 36.4 Å². The van der Waals surface area contributed by atoms with Gasteiger partial charge in [-0.25, -0.2) is 9.97 Å². The number of ether oxygens (including phenoxy) is 1. The summed E-state index contributed by atoms with van der Waals surface area (Å²) in [5, 5.41) is 6.29. The molecule has 28 heavy (non-hydrogen) atoms. The highest BCUT2D eigenvalue weighted by Crippen LogP contribution is 2.32. The first-order valence-corrected chi connectivity index (χ1v) is 11.3. The van der Waals surface area contributed by atoms with Crippen molar-refractivity contribution in [2.24, 2.45) is 0 Å². The first-order chi connectivity index (χ1) is 13.7. The lowest BCUT2D eigenvalue weighted by Gasteiger charge is -2.04. The largest absolute Gasteiger partial charge is 0.497 e. The average molecular weight is 428 g/mol. The number of benzene rings is 2. The van der Waals surface area contributed by atoms with E-state index in [0.717, 1.165) is 31.6 Å². The minimum absolute atomic E-state index is 0.0359. The minimum atomic E-state index is -0.0359. The van der Waals surface area contributed by atoms with Crippen LogP contribution in [0.2, 0.25) is 0 Å². The van der Waals surface area contributed by atoms with E-state index in [9.17, 15) is 4.79 Å². The Morgan fingerprint density at radius 2 is 1.96 bits per heavy atom. The number of carbonyl (C=O) groups is 1. The molecule has 1 N–H and O–H groups in total. The molecule has 0 fully saturated rings. The number of thiazole rings is 2. The molecule has 0 aliphatic rings. The number of nitrogens with zero attached hydrogens (tertiary/aromatic N) is 2. The maximum absolute atomic E-state index is 12.2. The molecule has 0 atom stereocenters. The Bertz CT molecular complexity index is 1060. The zero-order valence-electron chi connectivity index (χ0n) is 15.0. The molecule has 2 aromatic carbocycles. The van der Waals surface area contributed by atoms with Crippen molar-refractivity contribution in [1.82, 2.24) is 9.97 Å². The Hall–Kier alpha value is -2.42. The highest BCUT2D eigenvalue weighted by molar-refractivity contribution is 7.99. The second-order valence-electron chi connectivity index (χ2n) is 5.85. The van der Waals surface area contributed by atoms with Crippen molar-refractivity contribution >= 4 is 55.7 Å². The number of thioether (sulfide) groups is 1. The van der Waals surface area contributed by atoms with Gasteiger partial charge >= 0.3 is 0 Å². The summed E-state index contributed by atoms with van der Waals surface area (Å²) < 4.78 is 6.28. The summed E-state index contributed by atoms with van der Waals surface area (Å²) in [5.74, 6) is 1.50. The molecule has 5 nitrogen and oxygen atoms in total. The van der Waals surface area contributed by atoms with Crippen LogP contribution in [0.3, 0.4) is 0 Å². The van der Waals surface area contributed by atoms with Crippen LogP contribution in [0, 0.1) is 0 Å². The third-order valence-corrected chi connectivity index (χ3v) is 6.75. The predicted molar refractivity (Wildman–Crippen MR) is 118 cm³/mol. The van der Waals surface area contributed by atoms with Crippen molar-refractivity contribution in [2.45, 2.75) is 11.3 Å². The van der Waals surface area contributed by atoms with Gasteiger partial charge in [0.2, 0.25) is 5.91 Å². The van der Waals surface area contributed by atoms with Crippen LogP contribution in [0.5, 0.6) is 5.75 Å². The van der Waals surface area contributed by atoms with Gasteiger partial charge in [0, 0.05) is 22.4 Å². The summed E-state index contributed by atoms with van der Waals surface area (Å²) in [6, 6.07) is 15.8. The van der Waals surface area contributed by atoms with Crippen LogP contribution in [0.25, 0.3) is 20.9 Å². The van der Waals surface area contributed by atoms with Crippen LogP contribution < -0.4 is 10.1 Å². The number of carbonyl (C=O) groups excluding carboxylic acids is 1. The van der Waals surface area contributed by atoms with Crippen molar-refractivity contribution < 1.29 is 9.53 Å². The first kappa shape index (κ1) is 18.9. The van der Waals surface area contributed by atoms with Crippen LogP contribution in [-0.4, -0.2) is 28.7 Å². The number of amides is 1. The summed E-state index contributed by atoms with van der Waals surface area (Å²) in [6.45, 7) is 0. The summed E-state index contributed by atoms with van der Waals surface area (Å²) in [6.07, 6.45) is 0.423. The lowest BCUT2D eigenvalue weighted by Crippen LogP contribution is -2.11. The molecular formula is C20H17N3O2S3. The molecular weight excluding hydrogens is 410 g/mol. The van der Waals surface area contributed by atoms with E-state index in [0.29, 0.717) is 17.3 Å². The molecule has 4 rings (SSSR count). The number of methoxy groups -OCH3 is 1. The predicted octanol–water partition coefficient (Wildman–Crippen LogP) is 5.55. The van der Waals surface area contributed by atoms with Crippen molar-refractivity contribution in [3.8, 4) is 16.5 Å². The quantitative estimate of drug-likeness (QED) is 0.392. The first-order valence-electron chi connectivity index (χ1n) is 8.59. The number of rotatable bonds is 7. The second kappa shape index (κ2) is 8.72. The number of para-hydroxylation sites is 1. The summed E-state index contributed by atoms with van der Waals surface area (Å²) >= 11 is 4.67. The lowest BCUT2D eigenvalue weighted by molar-refractivity contribution is -0.115. The topological polar surface area (TPSA) is 64.1 Å². The molecule has 0 aliphatic carbocycles. The lowest BCUT2D eigenvalue weighted by atomic mass is 10.3. The van der Waals surface area contributed by atoms with Gasteiger partial charge in [0.15, 0.2) is 5.13 Å². The standard InChI is InChI=1S/C20H17N3O2S3/c1-25-13-6-8-14(9-7-13)26-11-10-18(24)23-20-22-16(12-27-20)19-21-15-4-2-3-5-17(15)28-19/h2-9,12H,10-11H2,1H3,(H,22,23,24). The number of fused-ring (bicyclic) bond motifs is 1. The van der Waals surface area contributed by atoms with Crippen molar-refractivity contribution in [2.75, 3.05) is 18.2 Å². The minimum Gasteiger partial charge on any atom is -0.497 e. The molecule has 1 amide bonds. The molecule has 2 aromatic heterocycles. The third kappa shape index (κ3) is 4.52. The molecule has 0 saturated carbocycles. The van der Waals surface area contributed by atoms with Gasteiger partial charge in [0.05, 0.1) is 17.3 Å². The van der Waals surface area contributed by atoms with Crippen LogP contribution >= 0.6 is 34.4 Å². The second-order valence-corrected chi connectivity index (χ2v) is 8.90. The molecule has 142 valence electrons. The van der Waals surface area contributed by atoms with E-state index in [-0.39, 0.29) is 5.91 Å².